The van der Waals surface area contributed by atoms with Crippen LogP contribution >= 0.6 is 12.6 Å². The molecule has 2 aromatic carbocycles. The molecule has 0 aliphatic carbocycles. The molecule has 0 bridgehead atoms. The van der Waals surface area contributed by atoms with E-state index in [1.54, 1.807) is 0 Å². The van der Waals surface area contributed by atoms with E-state index >= 15 is 0 Å². The molecule has 3 heteroatoms. The average molecular weight is 259 g/mol. The highest BCUT2D eigenvalue weighted by Gasteiger charge is 2.01. The highest BCUT2D eigenvalue weighted by molar-refractivity contribution is 7.80. The maximum Gasteiger partial charge on any atom is 0.127 e. The molecular formula is C15H17NOS. The molecule has 0 saturated carbocycles. The van der Waals surface area contributed by atoms with E-state index < -0.39 is 0 Å². The third-order valence-electron chi connectivity index (χ3n) is 2.69. The van der Waals surface area contributed by atoms with Gasteiger partial charge in [0.15, 0.2) is 0 Å². The molecule has 0 heterocycles. The molecule has 94 valence electrons. The minimum atomic E-state index is 0.846. The van der Waals surface area contributed by atoms with Gasteiger partial charge in [-0.05, 0) is 36.4 Å². The van der Waals surface area contributed by atoms with Crippen LogP contribution in [0.15, 0.2) is 54.6 Å². The molecule has 0 N–H and O–H groups in total. The molecule has 0 amide bonds. The molecule has 0 radical (unpaired) electrons. The van der Waals surface area contributed by atoms with E-state index in [2.05, 4.69) is 36.7 Å². The maximum atomic E-state index is 5.74. The zero-order chi connectivity index (χ0) is 12.8. The van der Waals surface area contributed by atoms with Crippen molar-refractivity contribution in [3.63, 3.8) is 0 Å². The molecule has 0 saturated heterocycles. The standard InChI is InChI=1S/C15H17NOS/c1-16(11-12-18)13-7-9-15(10-8-13)17-14-5-3-2-4-6-14/h2-10,18H,11-12H2,1H3. The number of hydrogen-bond acceptors (Lipinski definition) is 3. The Kier molecular flexibility index (Phi) is 4.53. The Balaban J connectivity index is 2.04. The van der Waals surface area contributed by atoms with Gasteiger partial charge in [0.1, 0.15) is 11.5 Å². The lowest BCUT2D eigenvalue weighted by atomic mass is 10.3. The van der Waals surface area contributed by atoms with Crippen LogP contribution in [0.5, 0.6) is 11.5 Å². The Morgan fingerprint density at radius 1 is 0.944 bits per heavy atom. The normalized spacial score (nSPS) is 10.1. The number of hydrogen-bond donors (Lipinski definition) is 1. The monoisotopic (exact) mass is 259 g/mol. The maximum absolute atomic E-state index is 5.74. The predicted molar refractivity (Wildman–Crippen MR) is 80.1 cm³/mol. The van der Waals surface area contributed by atoms with Crippen molar-refractivity contribution in [1.29, 1.82) is 0 Å². The summed E-state index contributed by atoms with van der Waals surface area (Å²) in [5.41, 5.74) is 1.17. The molecule has 0 spiro atoms. The Bertz CT molecular complexity index is 470. The minimum absolute atomic E-state index is 0.846. The molecule has 0 fully saturated rings. The van der Waals surface area contributed by atoms with Crippen LogP contribution in [-0.2, 0) is 0 Å². The van der Waals surface area contributed by atoms with Crippen molar-refractivity contribution in [2.75, 3.05) is 24.2 Å². The van der Waals surface area contributed by atoms with Gasteiger partial charge in [-0.25, -0.2) is 0 Å². The zero-order valence-corrected chi connectivity index (χ0v) is 11.3. The summed E-state index contributed by atoms with van der Waals surface area (Å²) in [5.74, 6) is 2.55. The summed E-state index contributed by atoms with van der Waals surface area (Å²) in [6, 6.07) is 17.9. The van der Waals surface area contributed by atoms with Crippen molar-refractivity contribution in [2.24, 2.45) is 0 Å². The van der Waals surface area contributed by atoms with Crippen molar-refractivity contribution in [3.8, 4) is 11.5 Å². The summed E-state index contributed by atoms with van der Waals surface area (Å²) in [6.07, 6.45) is 0. The summed E-state index contributed by atoms with van der Waals surface area (Å²) in [5, 5.41) is 0. The summed E-state index contributed by atoms with van der Waals surface area (Å²) in [7, 11) is 2.06. The summed E-state index contributed by atoms with van der Waals surface area (Å²) in [4.78, 5) is 2.17. The fraction of sp³-hybridized carbons (Fsp3) is 0.200. The van der Waals surface area contributed by atoms with Crippen molar-refractivity contribution in [1.82, 2.24) is 0 Å². The summed E-state index contributed by atoms with van der Waals surface area (Å²) < 4.78 is 5.74. The second-order valence-corrected chi connectivity index (χ2v) is 4.50. The summed E-state index contributed by atoms with van der Waals surface area (Å²) >= 11 is 4.23. The first-order chi connectivity index (χ1) is 8.79. The second kappa shape index (κ2) is 6.36. The van der Waals surface area contributed by atoms with Gasteiger partial charge in [0.05, 0.1) is 0 Å². The highest BCUT2D eigenvalue weighted by Crippen LogP contribution is 2.23. The van der Waals surface area contributed by atoms with E-state index in [0.717, 1.165) is 23.8 Å². The number of benzene rings is 2. The lowest BCUT2D eigenvalue weighted by Gasteiger charge is -2.18. The number of anilines is 1. The Hall–Kier alpha value is -1.61. The van der Waals surface area contributed by atoms with Gasteiger partial charge in [-0.2, -0.15) is 12.6 Å². The topological polar surface area (TPSA) is 12.5 Å². The number of nitrogens with zero attached hydrogens (tertiary/aromatic N) is 1. The first-order valence-electron chi connectivity index (χ1n) is 5.94. The van der Waals surface area contributed by atoms with E-state index in [1.165, 1.54) is 5.69 Å². The van der Waals surface area contributed by atoms with Gasteiger partial charge in [0.2, 0.25) is 0 Å². The van der Waals surface area contributed by atoms with Gasteiger partial charge < -0.3 is 9.64 Å². The molecule has 0 aromatic heterocycles. The molecule has 2 rings (SSSR count). The molecule has 2 nitrogen and oxygen atoms in total. The van der Waals surface area contributed by atoms with E-state index in [9.17, 15) is 0 Å². The van der Waals surface area contributed by atoms with Crippen LogP contribution in [-0.4, -0.2) is 19.3 Å². The smallest absolute Gasteiger partial charge is 0.127 e. The van der Waals surface area contributed by atoms with E-state index in [4.69, 9.17) is 4.74 Å². The lowest BCUT2D eigenvalue weighted by molar-refractivity contribution is 0.482. The van der Waals surface area contributed by atoms with E-state index in [-0.39, 0.29) is 0 Å². The molecule has 0 aliphatic rings. The number of thiol groups is 1. The van der Waals surface area contributed by atoms with Crippen LogP contribution in [0.2, 0.25) is 0 Å². The molecule has 18 heavy (non-hydrogen) atoms. The molecular weight excluding hydrogens is 242 g/mol. The SMILES string of the molecule is CN(CCS)c1ccc(Oc2ccccc2)cc1. The minimum Gasteiger partial charge on any atom is -0.457 e. The molecule has 0 aliphatic heterocycles. The van der Waals surface area contributed by atoms with Crippen molar-refractivity contribution < 1.29 is 4.74 Å². The van der Waals surface area contributed by atoms with Crippen LogP contribution in [0, 0.1) is 0 Å². The van der Waals surface area contributed by atoms with E-state index in [0.29, 0.717) is 0 Å². The van der Waals surface area contributed by atoms with E-state index in [1.807, 2.05) is 42.5 Å². The first kappa shape index (κ1) is 12.8. The van der Waals surface area contributed by atoms with Gasteiger partial charge in [0.25, 0.3) is 0 Å². The Labute approximate surface area is 114 Å². The van der Waals surface area contributed by atoms with Gasteiger partial charge in [0, 0.05) is 25.0 Å². The van der Waals surface area contributed by atoms with Crippen LogP contribution in [0.1, 0.15) is 0 Å². The van der Waals surface area contributed by atoms with Gasteiger partial charge >= 0.3 is 0 Å². The van der Waals surface area contributed by atoms with Gasteiger partial charge in [-0.3, -0.25) is 0 Å². The third-order valence-corrected chi connectivity index (χ3v) is 2.89. The first-order valence-corrected chi connectivity index (χ1v) is 6.58. The quantitative estimate of drug-likeness (QED) is 0.819. The van der Waals surface area contributed by atoms with Gasteiger partial charge in [-0.1, -0.05) is 18.2 Å². The number of rotatable bonds is 5. The molecule has 0 unspecified atom stereocenters. The van der Waals surface area contributed by atoms with Crippen LogP contribution < -0.4 is 9.64 Å². The average Bonchev–Trinajstić information content (AvgIpc) is 2.41. The molecule has 0 atom stereocenters. The van der Waals surface area contributed by atoms with Crippen molar-refractivity contribution in [2.45, 2.75) is 0 Å². The van der Waals surface area contributed by atoms with Crippen molar-refractivity contribution in [3.05, 3.63) is 54.6 Å². The zero-order valence-electron chi connectivity index (χ0n) is 10.4. The second-order valence-electron chi connectivity index (χ2n) is 4.05. The lowest BCUT2D eigenvalue weighted by Crippen LogP contribution is -2.19. The molecule has 2 aromatic rings. The Morgan fingerprint density at radius 3 is 2.17 bits per heavy atom. The van der Waals surface area contributed by atoms with Gasteiger partial charge in [-0.15, -0.1) is 0 Å². The fourth-order valence-electron chi connectivity index (χ4n) is 1.67. The highest BCUT2D eigenvalue weighted by atomic mass is 32.1. The largest absolute Gasteiger partial charge is 0.457 e. The van der Waals surface area contributed by atoms with Crippen LogP contribution in [0.3, 0.4) is 0 Å². The van der Waals surface area contributed by atoms with Crippen molar-refractivity contribution >= 4 is 18.3 Å². The summed E-state index contributed by atoms with van der Waals surface area (Å²) in [6.45, 7) is 0.933. The number of ether oxygens (including phenoxy) is 1. The number of para-hydroxylation sites is 1. The predicted octanol–water partition coefficient (Wildman–Crippen LogP) is 3.84. The fourth-order valence-corrected chi connectivity index (χ4v) is 1.97. The van der Waals surface area contributed by atoms with Crippen LogP contribution in [0.4, 0.5) is 5.69 Å². The Morgan fingerprint density at radius 2 is 1.56 bits per heavy atom. The van der Waals surface area contributed by atoms with Crippen LogP contribution in [0.25, 0.3) is 0 Å². The third kappa shape index (κ3) is 3.44.